The van der Waals surface area contributed by atoms with E-state index in [0.717, 1.165) is 11.1 Å². The average molecular weight is 348 g/mol. The second kappa shape index (κ2) is 7.55. The number of nitro benzene ring substituents is 1. The molecule has 0 fully saturated rings. The number of rotatable bonds is 4. The molecule has 1 aromatic rings. The molecular weight excluding hydrogens is 324 g/mol. The van der Waals surface area contributed by atoms with Crippen molar-refractivity contribution in [3.8, 4) is 5.75 Å². The van der Waals surface area contributed by atoms with Crippen molar-refractivity contribution in [3.05, 3.63) is 40.0 Å². The summed E-state index contributed by atoms with van der Waals surface area (Å²) < 4.78 is 11.0. The number of carbonyl (C=O) groups is 1. The van der Waals surface area contributed by atoms with Crippen LogP contribution in [0, 0.1) is 10.1 Å². The highest BCUT2D eigenvalue weighted by Gasteiger charge is 2.25. The van der Waals surface area contributed by atoms with Gasteiger partial charge in [-0.15, -0.1) is 0 Å². The van der Waals surface area contributed by atoms with E-state index in [-0.39, 0.29) is 11.8 Å². The van der Waals surface area contributed by atoms with Crippen LogP contribution in [0.4, 0.5) is 10.5 Å². The Morgan fingerprint density at radius 3 is 2.60 bits per heavy atom. The fourth-order valence-corrected chi connectivity index (χ4v) is 2.57. The third-order valence-corrected chi connectivity index (χ3v) is 3.68. The van der Waals surface area contributed by atoms with Gasteiger partial charge in [0.15, 0.2) is 0 Å². The largest absolute Gasteiger partial charge is 0.493 e. The number of carbonyl (C=O) groups excluding carboxylic acids is 1. The summed E-state index contributed by atoms with van der Waals surface area (Å²) in [6.45, 7) is 8.73. The molecule has 25 heavy (non-hydrogen) atoms. The number of hydrogen-bond acceptors (Lipinski definition) is 5. The molecule has 1 aromatic carbocycles. The van der Waals surface area contributed by atoms with E-state index in [4.69, 9.17) is 9.47 Å². The van der Waals surface area contributed by atoms with Crippen molar-refractivity contribution in [2.45, 2.75) is 39.7 Å². The summed E-state index contributed by atoms with van der Waals surface area (Å²) in [5, 5.41) is 11.0. The minimum atomic E-state index is -0.526. The predicted octanol–water partition coefficient (Wildman–Crippen LogP) is 4.02. The summed E-state index contributed by atoms with van der Waals surface area (Å²) in [6, 6.07) is 4.62. The molecule has 0 radical (unpaired) electrons. The number of hydrogen-bond donors (Lipinski definition) is 0. The van der Waals surface area contributed by atoms with Crippen LogP contribution in [0.1, 0.15) is 39.7 Å². The highest BCUT2D eigenvalue weighted by Crippen LogP contribution is 2.33. The van der Waals surface area contributed by atoms with Crippen LogP contribution in [0.15, 0.2) is 24.3 Å². The summed E-state index contributed by atoms with van der Waals surface area (Å²) in [4.78, 5) is 24.3. The van der Waals surface area contributed by atoms with E-state index in [1.807, 2.05) is 33.8 Å². The van der Waals surface area contributed by atoms with Gasteiger partial charge in [-0.2, -0.15) is 0 Å². The summed E-state index contributed by atoms with van der Waals surface area (Å²) in [6.07, 6.45) is 2.24. The monoisotopic (exact) mass is 348 g/mol. The van der Waals surface area contributed by atoms with E-state index >= 15 is 0 Å². The Hall–Kier alpha value is -2.57. The van der Waals surface area contributed by atoms with E-state index < -0.39 is 10.5 Å². The van der Waals surface area contributed by atoms with Gasteiger partial charge in [-0.25, -0.2) is 4.79 Å². The van der Waals surface area contributed by atoms with Crippen molar-refractivity contribution in [1.82, 2.24) is 4.90 Å². The van der Waals surface area contributed by atoms with Crippen molar-refractivity contribution >= 4 is 17.4 Å². The molecule has 0 saturated carbocycles. The van der Waals surface area contributed by atoms with Crippen LogP contribution in [0.2, 0.25) is 0 Å². The lowest BCUT2D eigenvalue weighted by atomic mass is 9.98. The molecule has 1 aliphatic heterocycles. The van der Waals surface area contributed by atoms with Crippen LogP contribution in [0.5, 0.6) is 5.75 Å². The summed E-state index contributed by atoms with van der Waals surface area (Å²) in [7, 11) is 0. The highest BCUT2D eigenvalue weighted by molar-refractivity contribution is 5.75. The average Bonchev–Trinajstić information content (AvgIpc) is 2.53. The molecule has 1 aliphatic rings. The fourth-order valence-electron chi connectivity index (χ4n) is 2.57. The molecule has 0 bridgehead atoms. The van der Waals surface area contributed by atoms with E-state index in [9.17, 15) is 14.9 Å². The Bertz CT molecular complexity index is 691. The third kappa shape index (κ3) is 4.95. The first kappa shape index (κ1) is 18.8. The van der Waals surface area contributed by atoms with Crippen LogP contribution < -0.4 is 4.74 Å². The van der Waals surface area contributed by atoms with Crippen molar-refractivity contribution in [2.75, 3.05) is 19.7 Å². The number of nitrogens with zero attached hydrogens (tertiary/aromatic N) is 2. The molecule has 0 aliphatic carbocycles. The Morgan fingerprint density at radius 2 is 2.08 bits per heavy atom. The van der Waals surface area contributed by atoms with Gasteiger partial charge in [0.2, 0.25) is 0 Å². The second-order valence-electron chi connectivity index (χ2n) is 6.78. The topological polar surface area (TPSA) is 81.9 Å². The predicted molar refractivity (Wildman–Crippen MR) is 94.7 cm³/mol. The first-order chi connectivity index (χ1) is 11.7. The lowest BCUT2D eigenvalue weighted by molar-refractivity contribution is -0.384. The van der Waals surface area contributed by atoms with Gasteiger partial charge in [-0.05, 0) is 45.8 Å². The highest BCUT2D eigenvalue weighted by atomic mass is 16.6. The van der Waals surface area contributed by atoms with Crippen molar-refractivity contribution < 1.29 is 19.2 Å². The lowest BCUT2D eigenvalue weighted by Crippen LogP contribution is -2.39. The molecule has 0 aromatic heterocycles. The molecule has 7 nitrogen and oxygen atoms in total. The molecule has 1 amide bonds. The van der Waals surface area contributed by atoms with Crippen molar-refractivity contribution in [1.29, 1.82) is 0 Å². The standard InChI is InChI=1S/C18H24N2O5/c1-5-24-16-12-14(20(22)23)6-7-15(16)13-8-10-19(11-9-13)17(21)25-18(2,3)4/h6-8,12H,5,9-11H2,1-4H3. The number of nitro groups is 1. The first-order valence-electron chi connectivity index (χ1n) is 8.30. The molecule has 1 heterocycles. The van der Waals surface area contributed by atoms with Crippen LogP contribution >= 0.6 is 0 Å². The maximum Gasteiger partial charge on any atom is 0.410 e. The number of non-ortho nitro benzene ring substituents is 1. The molecule has 136 valence electrons. The zero-order chi connectivity index (χ0) is 18.6. The molecule has 0 spiro atoms. The van der Waals surface area contributed by atoms with Crippen LogP contribution in [0.3, 0.4) is 0 Å². The summed E-state index contributed by atoms with van der Waals surface area (Å²) in [5.74, 6) is 0.494. The molecule has 0 unspecified atom stereocenters. The van der Waals surface area contributed by atoms with Gasteiger partial charge in [0.25, 0.3) is 5.69 Å². The van der Waals surface area contributed by atoms with Crippen molar-refractivity contribution in [3.63, 3.8) is 0 Å². The van der Waals surface area contributed by atoms with Gasteiger partial charge in [0.1, 0.15) is 11.4 Å². The Labute approximate surface area is 147 Å². The Morgan fingerprint density at radius 1 is 1.36 bits per heavy atom. The molecule has 0 atom stereocenters. The normalized spacial score (nSPS) is 14.7. The van der Waals surface area contributed by atoms with E-state index in [1.54, 1.807) is 11.0 Å². The second-order valence-corrected chi connectivity index (χ2v) is 6.78. The van der Waals surface area contributed by atoms with Crippen molar-refractivity contribution in [2.24, 2.45) is 0 Å². The third-order valence-electron chi connectivity index (χ3n) is 3.68. The van der Waals surface area contributed by atoms with Gasteiger partial charge in [-0.1, -0.05) is 6.08 Å². The van der Waals surface area contributed by atoms with Crippen LogP contribution in [-0.2, 0) is 4.74 Å². The molecule has 0 N–H and O–H groups in total. The maximum absolute atomic E-state index is 12.1. The Balaban J connectivity index is 2.18. The lowest BCUT2D eigenvalue weighted by Gasteiger charge is -2.30. The van der Waals surface area contributed by atoms with E-state index in [1.165, 1.54) is 12.1 Å². The quantitative estimate of drug-likeness (QED) is 0.606. The maximum atomic E-state index is 12.1. The van der Waals surface area contributed by atoms with Gasteiger partial charge < -0.3 is 14.4 Å². The van der Waals surface area contributed by atoms with Gasteiger partial charge in [-0.3, -0.25) is 10.1 Å². The summed E-state index contributed by atoms with van der Waals surface area (Å²) in [5.41, 5.74) is 1.31. The van der Waals surface area contributed by atoms with Gasteiger partial charge in [0, 0.05) is 24.7 Å². The first-order valence-corrected chi connectivity index (χ1v) is 8.30. The van der Waals surface area contributed by atoms with Gasteiger partial charge >= 0.3 is 6.09 Å². The van der Waals surface area contributed by atoms with E-state index in [0.29, 0.717) is 31.9 Å². The Kier molecular flexibility index (Phi) is 5.66. The smallest absolute Gasteiger partial charge is 0.410 e. The zero-order valence-electron chi connectivity index (χ0n) is 15.1. The van der Waals surface area contributed by atoms with Gasteiger partial charge in [0.05, 0.1) is 17.6 Å². The van der Waals surface area contributed by atoms with Crippen LogP contribution in [-0.4, -0.2) is 41.2 Å². The molecule has 0 saturated heterocycles. The summed E-state index contributed by atoms with van der Waals surface area (Å²) >= 11 is 0. The minimum Gasteiger partial charge on any atom is -0.493 e. The number of amides is 1. The van der Waals surface area contributed by atoms with Crippen LogP contribution in [0.25, 0.3) is 5.57 Å². The fraction of sp³-hybridized carbons (Fsp3) is 0.500. The molecule has 2 rings (SSSR count). The number of ether oxygens (including phenoxy) is 2. The zero-order valence-corrected chi connectivity index (χ0v) is 15.1. The number of benzene rings is 1. The minimum absolute atomic E-state index is 0.000934. The molecule has 7 heteroatoms. The molecular formula is C18H24N2O5. The van der Waals surface area contributed by atoms with E-state index in [2.05, 4.69) is 0 Å². The SMILES string of the molecule is CCOc1cc([N+](=O)[O-])ccc1C1=CCN(C(=O)OC(C)(C)C)CC1.